The average molecular weight is 312 g/mol. The monoisotopic (exact) mass is 312 g/mol. The summed E-state index contributed by atoms with van der Waals surface area (Å²) in [6, 6.07) is 14.3. The van der Waals surface area contributed by atoms with Crippen LogP contribution in [-0.4, -0.2) is 29.9 Å². The molecule has 3 nitrogen and oxygen atoms in total. The van der Waals surface area contributed by atoms with Crippen molar-refractivity contribution in [1.29, 1.82) is 0 Å². The van der Waals surface area contributed by atoms with E-state index in [0.717, 1.165) is 18.8 Å². The van der Waals surface area contributed by atoms with Gasteiger partial charge in [-0.05, 0) is 43.7 Å². The van der Waals surface area contributed by atoms with Crippen molar-refractivity contribution in [2.24, 2.45) is 0 Å². The Labute approximate surface area is 136 Å². The highest BCUT2D eigenvalue weighted by atomic mass is 19.1. The summed E-state index contributed by atoms with van der Waals surface area (Å²) in [4.78, 5) is 16.6. The predicted octanol–water partition coefficient (Wildman–Crippen LogP) is 3.37. The molecule has 2 aromatic carbocycles. The second-order valence-electron chi connectivity index (χ2n) is 6.10. The van der Waals surface area contributed by atoms with Crippen molar-refractivity contribution < 1.29 is 9.18 Å². The van der Waals surface area contributed by atoms with E-state index < -0.39 is 0 Å². The van der Waals surface area contributed by atoms with Crippen LogP contribution in [0.25, 0.3) is 0 Å². The molecule has 0 spiro atoms. The van der Waals surface area contributed by atoms with Crippen molar-refractivity contribution in [3.05, 3.63) is 65.5 Å². The van der Waals surface area contributed by atoms with Crippen LogP contribution in [0.4, 0.5) is 10.1 Å². The van der Waals surface area contributed by atoms with Crippen LogP contribution in [0.3, 0.4) is 0 Å². The van der Waals surface area contributed by atoms with Gasteiger partial charge in [0.2, 0.25) is 5.91 Å². The molecule has 1 aliphatic heterocycles. The number of benzene rings is 2. The quantitative estimate of drug-likeness (QED) is 0.867. The van der Waals surface area contributed by atoms with Gasteiger partial charge in [0.15, 0.2) is 0 Å². The molecule has 0 radical (unpaired) electrons. The van der Waals surface area contributed by atoms with Gasteiger partial charge in [0, 0.05) is 25.3 Å². The van der Waals surface area contributed by atoms with E-state index in [2.05, 4.69) is 30.0 Å². The Morgan fingerprint density at radius 1 is 1.13 bits per heavy atom. The van der Waals surface area contributed by atoms with Crippen LogP contribution in [0.15, 0.2) is 48.5 Å². The molecule has 1 unspecified atom stereocenters. The lowest BCUT2D eigenvalue weighted by atomic mass is 10.1. The number of piperazine rings is 1. The first-order valence-electron chi connectivity index (χ1n) is 7.91. The summed E-state index contributed by atoms with van der Waals surface area (Å²) in [6.07, 6.45) is 0. The van der Waals surface area contributed by atoms with Gasteiger partial charge in [-0.1, -0.05) is 29.8 Å². The van der Waals surface area contributed by atoms with Gasteiger partial charge in [0.1, 0.15) is 5.82 Å². The molecule has 23 heavy (non-hydrogen) atoms. The van der Waals surface area contributed by atoms with Gasteiger partial charge in [-0.25, -0.2) is 4.39 Å². The predicted molar refractivity (Wildman–Crippen MR) is 89.8 cm³/mol. The van der Waals surface area contributed by atoms with Gasteiger partial charge >= 0.3 is 0 Å². The Morgan fingerprint density at radius 3 is 2.57 bits per heavy atom. The SMILES string of the molecule is Cc1cccc(CN2CCN(c3ccc(F)cc3)C(=O)C2C)c1. The molecule has 4 heteroatoms. The van der Waals surface area contributed by atoms with Crippen LogP contribution in [0.2, 0.25) is 0 Å². The lowest BCUT2D eigenvalue weighted by molar-refractivity contribution is -0.125. The van der Waals surface area contributed by atoms with Crippen LogP contribution in [0.5, 0.6) is 0 Å². The second kappa shape index (κ2) is 6.50. The van der Waals surface area contributed by atoms with Crippen LogP contribution in [-0.2, 0) is 11.3 Å². The second-order valence-corrected chi connectivity index (χ2v) is 6.10. The minimum Gasteiger partial charge on any atom is -0.310 e. The van der Waals surface area contributed by atoms with Gasteiger partial charge in [-0.15, -0.1) is 0 Å². The van der Waals surface area contributed by atoms with E-state index in [1.165, 1.54) is 23.3 Å². The number of rotatable bonds is 3. The number of hydrogen-bond acceptors (Lipinski definition) is 2. The fourth-order valence-corrected chi connectivity index (χ4v) is 3.05. The maximum Gasteiger partial charge on any atom is 0.244 e. The third-order valence-corrected chi connectivity index (χ3v) is 4.39. The first-order chi connectivity index (χ1) is 11.0. The topological polar surface area (TPSA) is 23.6 Å². The summed E-state index contributed by atoms with van der Waals surface area (Å²) < 4.78 is 13.1. The Hall–Kier alpha value is -2.20. The normalized spacial score (nSPS) is 19.2. The highest BCUT2D eigenvalue weighted by molar-refractivity contribution is 5.97. The Morgan fingerprint density at radius 2 is 1.87 bits per heavy atom. The molecule has 3 rings (SSSR count). The van der Waals surface area contributed by atoms with Crippen LogP contribution in [0.1, 0.15) is 18.1 Å². The molecular weight excluding hydrogens is 291 g/mol. The molecule has 1 fully saturated rings. The molecule has 0 aromatic heterocycles. The Bertz CT molecular complexity index is 699. The van der Waals surface area contributed by atoms with Gasteiger partial charge in [-0.3, -0.25) is 9.69 Å². The molecule has 1 aliphatic rings. The molecule has 2 aromatic rings. The van der Waals surface area contributed by atoms with Crippen molar-refractivity contribution in [2.75, 3.05) is 18.0 Å². The Balaban J connectivity index is 1.72. The zero-order valence-electron chi connectivity index (χ0n) is 13.5. The molecular formula is C19H21FN2O. The largest absolute Gasteiger partial charge is 0.310 e. The van der Waals surface area contributed by atoms with E-state index in [1.807, 2.05) is 13.0 Å². The summed E-state index contributed by atoms with van der Waals surface area (Å²) in [5.41, 5.74) is 3.21. The van der Waals surface area contributed by atoms with Crippen molar-refractivity contribution >= 4 is 11.6 Å². The summed E-state index contributed by atoms with van der Waals surface area (Å²) in [6.45, 7) is 6.21. The van der Waals surface area contributed by atoms with Gasteiger partial charge in [-0.2, -0.15) is 0 Å². The average Bonchev–Trinajstić information content (AvgIpc) is 2.53. The minimum absolute atomic E-state index is 0.0653. The zero-order chi connectivity index (χ0) is 16.4. The highest BCUT2D eigenvalue weighted by Gasteiger charge is 2.32. The molecule has 120 valence electrons. The first kappa shape index (κ1) is 15.7. The smallest absolute Gasteiger partial charge is 0.244 e. The maximum absolute atomic E-state index is 13.1. The standard InChI is InChI=1S/C19H21FN2O/c1-14-4-3-5-16(12-14)13-21-10-11-22(19(23)15(21)2)18-8-6-17(20)7-9-18/h3-9,12,15H,10-11,13H2,1-2H3. The summed E-state index contributed by atoms with van der Waals surface area (Å²) in [5, 5.41) is 0. The van der Waals surface area contributed by atoms with Crippen molar-refractivity contribution in [3.63, 3.8) is 0 Å². The number of halogens is 1. The van der Waals surface area contributed by atoms with E-state index >= 15 is 0 Å². The van der Waals surface area contributed by atoms with E-state index in [9.17, 15) is 9.18 Å². The van der Waals surface area contributed by atoms with E-state index in [4.69, 9.17) is 0 Å². The number of anilines is 1. The first-order valence-corrected chi connectivity index (χ1v) is 7.91. The number of aryl methyl sites for hydroxylation is 1. The van der Waals surface area contributed by atoms with E-state index in [-0.39, 0.29) is 17.8 Å². The summed E-state index contributed by atoms with van der Waals surface area (Å²) in [7, 11) is 0. The van der Waals surface area contributed by atoms with Gasteiger partial charge in [0.25, 0.3) is 0 Å². The van der Waals surface area contributed by atoms with E-state index in [1.54, 1.807) is 17.0 Å². The van der Waals surface area contributed by atoms with Crippen LogP contribution in [0, 0.1) is 12.7 Å². The van der Waals surface area contributed by atoms with Gasteiger partial charge < -0.3 is 4.90 Å². The fourth-order valence-electron chi connectivity index (χ4n) is 3.05. The van der Waals surface area contributed by atoms with Crippen molar-refractivity contribution in [3.8, 4) is 0 Å². The Kier molecular flexibility index (Phi) is 4.44. The number of amides is 1. The summed E-state index contributed by atoms with van der Waals surface area (Å²) >= 11 is 0. The fraction of sp³-hybridized carbons (Fsp3) is 0.316. The molecule has 0 saturated carbocycles. The molecule has 1 saturated heterocycles. The molecule has 1 amide bonds. The van der Waals surface area contributed by atoms with Crippen molar-refractivity contribution in [1.82, 2.24) is 4.90 Å². The summed E-state index contributed by atoms with van der Waals surface area (Å²) in [5.74, 6) is -0.220. The lowest BCUT2D eigenvalue weighted by Crippen LogP contribution is -2.55. The molecule has 0 N–H and O–H groups in total. The zero-order valence-corrected chi connectivity index (χ0v) is 13.5. The van der Waals surface area contributed by atoms with Crippen LogP contribution >= 0.6 is 0 Å². The van der Waals surface area contributed by atoms with E-state index in [0.29, 0.717) is 6.54 Å². The third kappa shape index (κ3) is 3.42. The lowest BCUT2D eigenvalue weighted by Gasteiger charge is -2.39. The molecule has 0 bridgehead atoms. The number of hydrogen-bond donors (Lipinski definition) is 0. The number of carbonyl (C=O) groups is 1. The van der Waals surface area contributed by atoms with Crippen LogP contribution < -0.4 is 4.90 Å². The third-order valence-electron chi connectivity index (χ3n) is 4.39. The molecule has 1 heterocycles. The van der Waals surface area contributed by atoms with Gasteiger partial charge in [0.05, 0.1) is 6.04 Å². The number of nitrogens with zero attached hydrogens (tertiary/aromatic N) is 2. The maximum atomic E-state index is 13.1. The highest BCUT2D eigenvalue weighted by Crippen LogP contribution is 2.22. The number of carbonyl (C=O) groups excluding carboxylic acids is 1. The molecule has 0 aliphatic carbocycles. The minimum atomic E-state index is -0.285. The van der Waals surface area contributed by atoms with Crippen molar-refractivity contribution in [2.45, 2.75) is 26.4 Å². The molecule has 1 atom stereocenters.